The van der Waals surface area contributed by atoms with Crippen molar-refractivity contribution in [3.8, 4) is 5.75 Å². The van der Waals surface area contributed by atoms with Gasteiger partial charge in [0, 0.05) is 18.1 Å². The molecule has 5 heteroatoms. The van der Waals surface area contributed by atoms with Crippen molar-refractivity contribution in [2.75, 3.05) is 13.7 Å². The van der Waals surface area contributed by atoms with E-state index in [1.165, 1.54) is 0 Å². The van der Waals surface area contributed by atoms with Crippen LogP contribution in [-0.2, 0) is 23.0 Å². The molecule has 0 bridgehead atoms. The first kappa shape index (κ1) is 14.7. The van der Waals surface area contributed by atoms with E-state index in [-0.39, 0.29) is 12.4 Å². The Labute approximate surface area is 123 Å². The van der Waals surface area contributed by atoms with Crippen LogP contribution in [0.5, 0.6) is 5.75 Å². The van der Waals surface area contributed by atoms with E-state index in [4.69, 9.17) is 21.1 Å². The average molecular weight is 296 g/mol. The summed E-state index contributed by atoms with van der Waals surface area (Å²) >= 11 is 6.16. The third-order valence-electron chi connectivity index (χ3n) is 3.52. The highest BCUT2D eigenvalue weighted by molar-refractivity contribution is 6.32. The van der Waals surface area contributed by atoms with Crippen molar-refractivity contribution in [2.24, 2.45) is 7.05 Å². The standard InChI is InChI=1S/C15H18ClNO3/c1-5-20-15(18)7-10-9(2)17(3)13-8-12(16)14(19-4)6-11(10)13/h6,8H,5,7H2,1-4H3. The lowest BCUT2D eigenvalue weighted by atomic mass is 10.1. The molecule has 0 saturated carbocycles. The minimum atomic E-state index is -0.225. The number of esters is 1. The number of rotatable bonds is 4. The van der Waals surface area contributed by atoms with Gasteiger partial charge in [-0.25, -0.2) is 0 Å². The zero-order valence-corrected chi connectivity index (χ0v) is 12.9. The van der Waals surface area contributed by atoms with Crippen molar-refractivity contribution in [3.05, 3.63) is 28.4 Å². The topological polar surface area (TPSA) is 40.5 Å². The molecule has 0 aliphatic heterocycles. The number of methoxy groups -OCH3 is 1. The van der Waals surface area contributed by atoms with Crippen LogP contribution in [0.25, 0.3) is 10.9 Å². The molecule has 2 aromatic rings. The molecular weight excluding hydrogens is 278 g/mol. The van der Waals surface area contributed by atoms with Crippen LogP contribution >= 0.6 is 11.6 Å². The number of ether oxygens (including phenoxy) is 2. The predicted octanol–water partition coefficient (Wildman–Crippen LogP) is 3.25. The fourth-order valence-corrected chi connectivity index (χ4v) is 2.61. The lowest BCUT2D eigenvalue weighted by molar-refractivity contribution is -0.142. The molecule has 0 aliphatic carbocycles. The lowest BCUT2D eigenvalue weighted by Crippen LogP contribution is -2.08. The molecule has 0 atom stereocenters. The highest BCUT2D eigenvalue weighted by Crippen LogP contribution is 2.34. The Morgan fingerprint density at radius 1 is 1.40 bits per heavy atom. The van der Waals surface area contributed by atoms with Crippen molar-refractivity contribution in [1.82, 2.24) is 4.57 Å². The SMILES string of the molecule is CCOC(=O)Cc1c(C)n(C)c2cc(Cl)c(OC)cc12. The molecule has 1 heterocycles. The van der Waals surface area contributed by atoms with Gasteiger partial charge < -0.3 is 14.0 Å². The summed E-state index contributed by atoms with van der Waals surface area (Å²) in [6.07, 6.45) is 0.252. The lowest BCUT2D eigenvalue weighted by Gasteiger charge is -2.05. The molecule has 0 unspecified atom stereocenters. The fraction of sp³-hybridized carbons (Fsp3) is 0.400. The summed E-state index contributed by atoms with van der Waals surface area (Å²) in [6.45, 7) is 4.17. The Morgan fingerprint density at radius 3 is 2.70 bits per heavy atom. The Bertz CT molecular complexity index is 661. The summed E-state index contributed by atoms with van der Waals surface area (Å²) in [6, 6.07) is 3.73. The van der Waals surface area contributed by atoms with E-state index in [0.717, 1.165) is 22.2 Å². The zero-order valence-electron chi connectivity index (χ0n) is 12.1. The van der Waals surface area contributed by atoms with Crippen molar-refractivity contribution < 1.29 is 14.3 Å². The molecule has 4 nitrogen and oxygen atoms in total. The second-order valence-corrected chi connectivity index (χ2v) is 5.02. The Balaban J connectivity index is 2.58. The highest BCUT2D eigenvalue weighted by Gasteiger charge is 2.17. The van der Waals surface area contributed by atoms with Crippen LogP contribution < -0.4 is 4.74 Å². The molecule has 0 spiro atoms. The summed E-state index contributed by atoms with van der Waals surface area (Å²) in [5.41, 5.74) is 2.96. The quantitative estimate of drug-likeness (QED) is 0.813. The monoisotopic (exact) mass is 295 g/mol. The predicted molar refractivity (Wildman–Crippen MR) is 79.6 cm³/mol. The van der Waals surface area contributed by atoms with Crippen LogP contribution in [-0.4, -0.2) is 24.3 Å². The van der Waals surface area contributed by atoms with Gasteiger partial charge in [0.25, 0.3) is 0 Å². The minimum absolute atomic E-state index is 0.225. The number of carbonyl (C=O) groups is 1. The molecule has 0 N–H and O–H groups in total. The van der Waals surface area contributed by atoms with Gasteiger partial charge in [-0.1, -0.05) is 11.6 Å². The molecule has 1 aromatic heterocycles. The molecule has 0 fully saturated rings. The number of halogens is 1. The van der Waals surface area contributed by atoms with Crippen LogP contribution in [0.15, 0.2) is 12.1 Å². The van der Waals surface area contributed by atoms with Gasteiger partial charge in [-0.2, -0.15) is 0 Å². The van der Waals surface area contributed by atoms with Gasteiger partial charge in [-0.05, 0) is 31.5 Å². The summed E-state index contributed by atoms with van der Waals surface area (Å²) < 4.78 is 12.3. The Hall–Kier alpha value is -1.68. The Morgan fingerprint density at radius 2 is 2.10 bits per heavy atom. The van der Waals surface area contributed by atoms with Gasteiger partial charge in [0.05, 0.1) is 30.7 Å². The maximum atomic E-state index is 11.8. The summed E-state index contributed by atoms with van der Waals surface area (Å²) in [7, 11) is 3.53. The van der Waals surface area contributed by atoms with Crippen LogP contribution in [0.4, 0.5) is 0 Å². The number of hydrogen-bond donors (Lipinski definition) is 0. The normalized spacial score (nSPS) is 10.8. The van der Waals surface area contributed by atoms with Gasteiger partial charge in [0.2, 0.25) is 0 Å². The maximum absolute atomic E-state index is 11.8. The van der Waals surface area contributed by atoms with Crippen molar-refractivity contribution in [3.63, 3.8) is 0 Å². The first-order valence-electron chi connectivity index (χ1n) is 6.46. The van der Waals surface area contributed by atoms with Gasteiger partial charge >= 0.3 is 5.97 Å². The van der Waals surface area contributed by atoms with Crippen molar-refractivity contribution in [1.29, 1.82) is 0 Å². The summed E-state index contributed by atoms with van der Waals surface area (Å²) in [4.78, 5) is 11.8. The molecule has 0 aliphatic rings. The van der Waals surface area contributed by atoms with Crippen LogP contribution in [0, 0.1) is 6.92 Å². The molecular formula is C15H18ClNO3. The Kier molecular flexibility index (Phi) is 4.23. The third kappa shape index (κ3) is 2.48. The van der Waals surface area contributed by atoms with Crippen molar-refractivity contribution in [2.45, 2.75) is 20.3 Å². The third-order valence-corrected chi connectivity index (χ3v) is 3.82. The molecule has 1 aromatic carbocycles. The van der Waals surface area contributed by atoms with E-state index in [1.54, 1.807) is 14.0 Å². The first-order chi connectivity index (χ1) is 9.49. The van der Waals surface area contributed by atoms with Gasteiger partial charge in [0.1, 0.15) is 5.75 Å². The van der Waals surface area contributed by atoms with Gasteiger partial charge in [-0.15, -0.1) is 0 Å². The van der Waals surface area contributed by atoms with E-state index < -0.39 is 0 Å². The summed E-state index contributed by atoms with van der Waals surface area (Å²) in [5, 5.41) is 1.53. The van der Waals surface area contributed by atoms with Crippen LogP contribution in [0.3, 0.4) is 0 Å². The first-order valence-corrected chi connectivity index (χ1v) is 6.84. The number of fused-ring (bicyclic) bond motifs is 1. The van der Waals surface area contributed by atoms with Crippen molar-refractivity contribution >= 4 is 28.5 Å². The number of carbonyl (C=O) groups excluding carboxylic acids is 1. The maximum Gasteiger partial charge on any atom is 0.310 e. The van der Waals surface area contributed by atoms with Crippen LogP contribution in [0.1, 0.15) is 18.2 Å². The number of aryl methyl sites for hydroxylation is 1. The van der Waals surface area contributed by atoms with Gasteiger partial charge in [-0.3, -0.25) is 4.79 Å². The molecule has 108 valence electrons. The molecule has 0 radical (unpaired) electrons. The van der Waals surface area contributed by atoms with Crippen LogP contribution in [0.2, 0.25) is 5.02 Å². The van der Waals surface area contributed by atoms with E-state index in [9.17, 15) is 4.79 Å². The van der Waals surface area contributed by atoms with Gasteiger partial charge in [0.15, 0.2) is 0 Å². The van der Waals surface area contributed by atoms with E-state index >= 15 is 0 Å². The molecule has 2 rings (SSSR count). The van der Waals surface area contributed by atoms with E-state index in [2.05, 4.69) is 0 Å². The number of hydrogen-bond acceptors (Lipinski definition) is 3. The second kappa shape index (κ2) is 5.75. The largest absolute Gasteiger partial charge is 0.495 e. The number of aromatic nitrogens is 1. The average Bonchev–Trinajstić information content (AvgIpc) is 2.63. The molecule has 0 saturated heterocycles. The highest BCUT2D eigenvalue weighted by atomic mass is 35.5. The number of nitrogens with zero attached hydrogens (tertiary/aromatic N) is 1. The molecule has 20 heavy (non-hydrogen) atoms. The summed E-state index contributed by atoms with van der Waals surface area (Å²) in [5.74, 6) is 0.381. The second-order valence-electron chi connectivity index (χ2n) is 4.61. The van der Waals surface area contributed by atoms with E-state index in [0.29, 0.717) is 17.4 Å². The van der Waals surface area contributed by atoms with E-state index in [1.807, 2.05) is 30.7 Å². The zero-order chi connectivity index (χ0) is 14.9. The minimum Gasteiger partial charge on any atom is -0.495 e. The fourth-order valence-electron chi connectivity index (χ4n) is 2.38. The number of benzene rings is 1. The molecule has 0 amide bonds. The smallest absolute Gasteiger partial charge is 0.310 e.